The molecule has 0 saturated carbocycles. The molecule has 3 aromatic rings. The first-order valence-electron chi connectivity index (χ1n) is 10.8. The van der Waals surface area contributed by atoms with Crippen LogP contribution in [0.3, 0.4) is 0 Å². The zero-order chi connectivity index (χ0) is 22.8. The van der Waals surface area contributed by atoms with Crippen LogP contribution in [-0.2, 0) is 6.54 Å². The van der Waals surface area contributed by atoms with E-state index < -0.39 is 0 Å². The van der Waals surface area contributed by atoms with E-state index in [1.165, 1.54) is 18.1 Å². The van der Waals surface area contributed by atoms with Crippen molar-refractivity contribution >= 4 is 28.7 Å². The Kier molecular flexibility index (Phi) is 5.79. The van der Waals surface area contributed by atoms with Gasteiger partial charge in [-0.25, -0.2) is 15.0 Å². The first kappa shape index (κ1) is 21.2. The molecule has 0 bridgehead atoms. The SMILES string of the molecule is CCCN1C=CC=CC1CCn1c(Sc2cc3c(cc2C#N)OCO3)nc2c(N)ncnc21. The first-order valence-corrected chi connectivity index (χ1v) is 11.6. The number of hydrogen-bond acceptors (Lipinski definition) is 9. The molecule has 10 heteroatoms. The Morgan fingerprint density at radius 1 is 1.21 bits per heavy atom. The van der Waals surface area contributed by atoms with Crippen LogP contribution in [0.4, 0.5) is 5.82 Å². The fourth-order valence-corrected chi connectivity index (χ4v) is 5.00. The lowest BCUT2D eigenvalue weighted by molar-refractivity contribution is 0.174. The number of aryl methyl sites for hydroxylation is 1. The normalized spacial score (nSPS) is 16.5. The highest BCUT2D eigenvalue weighted by molar-refractivity contribution is 7.99. The third kappa shape index (κ3) is 4.07. The van der Waals surface area contributed by atoms with Crippen molar-refractivity contribution in [1.29, 1.82) is 5.26 Å². The number of nitrogens with two attached hydrogens (primary N) is 1. The van der Waals surface area contributed by atoms with Crippen molar-refractivity contribution in [3.05, 3.63) is 48.5 Å². The lowest BCUT2D eigenvalue weighted by Gasteiger charge is -2.30. The van der Waals surface area contributed by atoms with E-state index >= 15 is 0 Å². The number of fused-ring (bicyclic) bond motifs is 2. The maximum absolute atomic E-state index is 9.69. The average Bonchev–Trinajstić information content (AvgIpc) is 3.43. The fraction of sp³-hybridized carbons (Fsp3) is 0.304. The number of hydrogen-bond donors (Lipinski definition) is 1. The van der Waals surface area contributed by atoms with Gasteiger partial charge in [0.05, 0.1) is 5.56 Å². The zero-order valence-corrected chi connectivity index (χ0v) is 19.0. The molecule has 0 fully saturated rings. The third-order valence-corrected chi connectivity index (χ3v) is 6.65. The smallest absolute Gasteiger partial charge is 0.231 e. The fourth-order valence-electron chi connectivity index (χ4n) is 4.00. The Bertz CT molecular complexity index is 1290. The minimum Gasteiger partial charge on any atom is -0.454 e. The average molecular weight is 462 g/mol. The minimum absolute atomic E-state index is 0.149. The number of aromatic nitrogens is 4. The van der Waals surface area contributed by atoms with Crippen molar-refractivity contribution in [3.63, 3.8) is 0 Å². The second kappa shape index (κ2) is 9.03. The van der Waals surface area contributed by atoms with Gasteiger partial charge in [0.2, 0.25) is 6.79 Å². The summed E-state index contributed by atoms with van der Waals surface area (Å²) in [4.78, 5) is 16.4. The summed E-state index contributed by atoms with van der Waals surface area (Å²) in [5.41, 5.74) is 7.85. The number of nitrogens with zero attached hydrogens (tertiary/aromatic N) is 6. The number of benzene rings is 1. The van der Waals surface area contributed by atoms with Crippen molar-refractivity contribution in [2.45, 2.75) is 42.4 Å². The molecule has 0 radical (unpaired) electrons. The summed E-state index contributed by atoms with van der Waals surface area (Å²) in [7, 11) is 0. The van der Waals surface area contributed by atoms with E-state index in [2.05, 4.69) is 56.9 Å². The van der Waals surface area contributed by atoms with Crippen LogP contribution in [0.5, 0.6) is 11.5 Å². The standard InChI is InChI=1S/C23H23N7O2S/c1-2-7-29-8-4-3-5-16(29)6-9-30-22-20(21(25)26-13-27-22)28-23(30)33-19-11-18-17(31-14-32-18)10-15(19)12-24/h3-5,8,10-11,13,16H,2,6-7,9,14H2,1H3,(H2,25,26,27). The monoisotopic (exact) mass is 461 g/mol. The quantitative estimate of drug-likeness (QED) is 0.562. The van der Waals surface area contributed by atoms with Gasteiger partial charge in [-0.05, 0) is 31.2 Å². The zero-order valence-electron chi connectivity index (χ0n) is 18.1. The van der Waals surface area contributed by atoms with Crippen LogP contribution in [0.15, 0.2) is 52.9 Å². The Balaban J connectivity index is 1.49. The molecule has 1 aromatic carbocycles. The van der Waals surface area contributed by atoms with Gasteiger partial charge in [0.1, 0.15) is 12.4 Å². The maximum atomic E-state index is 9.69. The molecule has 9 nitrogen and oxygen atoms in total. The molecule has 0 spiro atoms. The molecule has 1 unspecified atom stereocenters. The number of imidazole rings is 1. The Labute approximate surface area is 195 Å². The van der Waals surface area contributed by atoms with Crippen LogP contribution in [0.2, 0.25) is 0 Å². The van der Waals surface area contributed by atoms with Crippen LogP contribution in [0.1, 0.15) is 25.3 Å². The van der Waals surface area contributed by atoms with Crippen molar-refractivity contribution in [2.24, 2.45) is 0 Å². The number of rotatable bonds is 7. The van der Waals surface area contributed by atoms with Crippen LogP contribution in [0.25, 0.3) is 11.2 Å². The molecule has 5 rings (SSSR count). The number of nitriles is 1. The number of nitrogen functional groups attached to an aromatic ring is 1. The van der Waals surface area contributed by atoms with E-state index in [-0.39, 0.29) is 12.8 Å². The molecule has 2 N–H and O–H groups in total. The lowest BCUT2D eigenvalue weighted by atomic mass is 10.1. The lowest BCUT2D eigenvalue weighted by Crippen LogP contribution is -2.32. The molecule has 4 heterocycles. The minimum atomic E-state index is 0.149. The molecule has 33 heavy (non-hydrogen) atoms. The Hall–Kier alpha value is -3.71. The molecule has 2 aliphatic heterocycles. The summed E-state index contributed by atoms with van der Waals surface area (Å²) in [6, 6.07) is 6.05. The second-order valence-corrected chi connectivity index (χ2v) is 8.72. The molecule has 0 aliphatic carbocycles. The first-order chi connectivity index (χ1) is 16.2. The van der Waals surface area contributed by atoms with E-state index in [1.54, 1.807) is 6.07 Å². The van der Waals surface area contributed by atoms with Gasteiger partial charge in [-0.3, -0.25) is 0 Å². The van der Waals surface area contributed by atoms with Crippen LogP contribution < -0.4 is 15.2 Å². The summed E-state index contributed by atoms with van der Waals surface area (Å²) >= 11 is 1.39. The third-order valence-electron chi connectivity index (χ3n) is 5.60. The van der Waals surface area contributed by atoms with Gasteiger partial charge < -0.3 is 24.7 Å². The van der Waals surface area contributed by atoms with Gasteiger partial charge in [0, 0.05) is 30.1 Å². The van der Waals surface area contributed by atoms with Crippen molar-refractivity contribution in [2.75, 3.05) is 19.1 Å². The van der Waals surface area contributed by atoms with Gasteiger partial charge in [-0.15, -0.1) is 0 Å². The highest BCUT2D eigenvalue weighted by Crippen LogP contribution is 2.41. The number of ether oxygens (including phenoxy) is 2. The maximum Gasteiger partial charge on any atom is 0.231 e. The molecule has 0 saturated heterocycles. The van der Waals surface area contributed by atoms with E-state index in [0.717, 1.165) is 24.3 Å². The summed E-state index contributed by atoms with van der Waals surface area (Å²) in [5, 5.41) is 10.4. The molecule has 0 amide bonds. The van der Waals surface area contributed by atoms with Gasteiger partial charge in [-0.2, -0.15) is 5.26 Å². The van der Waals surface area contributed by atoms with E-state index in [1.807, 2.05) is 6.07 Å². The summed E-state index contributed by atoms with van der Waals surface area (Å²) < 4.78 is 13.0. The van der Waals surface area contributed by atoms with Gasteiger partial charge >= 0.3 is 0 Å². The van der Waals surface area contributed by atoms with Gasteiger partial charge in [0.25, 0.3) is 0 Å². The second-order valence-electron chi connectivity index (χ2n) is 7.71. The molecule has 168 valence electrons. The summed E-state index contributed by atoms with van der Waals surface area (Å²) in [5.74, 6) is 1.53. The van der Waals surface area contributed by atoms with Gasteiger partial charge in [-0.1, -0.05) is 30.8 Å². The highest BCUT2D eigenvalue weighted by Gasteiger charge is 2.22. The molecule has 2 aromatic heterocycles. The van der Waals surface area contributed by atoms with Crippen LogP contribution in [-0.4, -0.2) is 43.8 Å². The highest BCUT2D eigenvalue weighted by atomic mass is 32.2. The Morgan fingerprint density at radius 3 is 2.88 bits per heavy atom. The van der Waals surface area contributed by atoms with Crippen molar-refractivity contribution < 1.29 is 9.47 Å². The van der Waals surface area contributed by atoms with E-state index in [9.17, 15) is 5.26 Å². The molecule has 2 aliphatic rings. The van der Waals surface area contributed by atoms with Gasteiger partial charge in [0.15, 0.2) is 33.6 Å². The predicted octanol–water partition coefficient (Wildman–Crippen LogP) is 3.71. The number of allylic oxidation sites excluding steroid dienone is 2. The van der Waals surface area contributed by atoms with Crippen LogP contribution in [0, 0.1) is 11.3 Å². The topological polar surface area (TPSA) is 115 Å². The summed E-state index contributed by atoms with van der Waals surface area (Å²) in [6.45, 7) is 4.01. The largest absolute Gasteiger partial charge is 0.454 e. The molecular weight excluding hydrogens is 438 g/mol. The Morgan fingerprint density at radius 2 is 2.06 bits per heavy atom. The van der Waals surface area contributed by atoms with E-state index in [0.29, 0.717) is 45.7 Å². The van der Waals surface area contributed by atoms with Crippen molar-refractivity contribution in [1.82, 2.24) is 24.4 Å². The number of anilines is 1. The predicted molar refractivity (Wildman–Crippen MR) is 125 cm³/mol. The van der Waals surface area contributed by atoms with Crippen LogP contribution >= 0.6 is 11.8 Å². The molecule has 1 atom stereocenters. The molecular formula is C23H23N7O2S. The van der Waals surface area contributed by atoms with E-state index in [4.69, 9.17) is 20.2 Å². The van der Waals surface area contributed by atoms with Crippen molar-refractivity contribution in [3.8, 4) is 17.6 Å². The summed E-state index contributed by atoms with van der Waals surface area (Å²) in [6.07, 6.45) is 11.9.